The molecule has 0 aromatic rings. The fourth-order valence-corrected chi connectivity index (χ4v) is 0.811. The van der Waals surface area contributed by atoms with E-state index in [4.69, 9.17) is 5.73 Å². The summed E-state index contributed by atoms with van der Waals surface area (Å²) >= 11 is 0. The second-order valence-electron chi connectivity index (χ2n) is 2.67. The van der Waals surface area contributed by atoms with Crippen molar-refractivity contribution in [1.82, 2.24) is 10.9 Å². The van der Waals surface area contributed by atoms with Crippen molar-refractivity contribution in [3.8, 4) is 0 Å². The average Bonchev–Trinajstić information content (AvgIpc) is 2.00. The Morgan fingerprint density at radius 1 is 1.42 bits per heavy atom. The van der Waals surface area contributed by atoms with Crippen molar-refractivity contribution >= 4 is 11.9 Å². The number of primary amides is 1. The van der Waals surface area contributed by atoms with Crippen LogP contribution in [0.25, 0.3) is 0 Å². The molecule has 0 rings (SSSR count). The third kappa shape index (κ3) is 4.54. The van der Waals surface area contributed by atoms with Crippen LogP contribution in [0.4, 0.5) is 4.79 Å². The molecule has 0 bridgehead atoms. The third-order valence-corrected chi connectivity index (χ3v) is 1.48. The molecule has 1 unspecified atom stereocenters. The van der Waals surface area contributed by atoms with Crippen LogP contribution in [0.1, 0.15) is 26.7 Å². The molecular formula is C7H15N3O2. The summed E-state index contributed by atoms with van der Waals surface area (Å²) in [4.78, 5) is 21.2. The van der Waals surface area contributed by atoms with Crippen LogP contribution in [0.5, 0.6) is 0 Å². The number of hydrogen-bond donors (Lipinski definition) is 3. The molecule has 5 nitrogen and oxygen atoms in total. The van der Waals surface area contributed by atoms with Gasteiger partial charge >= 0.3 is 6.03 Å². The Kier molecular flexibility index (Phi) is 4.83. The zero-order chi connectivity index (χ0) is 9.56. The summed E-state index contributed by atoms with van der Waals surface area (Å²) in [5, 5.41) is 0. The maximum Gasteiger partial charge on any atom is 0.330 e. The van der Waals surface area contributed by atoms with Crippen molar-refractivity contribution in [2.45, 2.75) is 26.7 Å². The van der Waals surface area contributed by atoms with Crippen LogP contribution >= 0.6 is 0 Å². The highest BCUT2D eigenvalue weighted by molar-refractivity contribution is 5.81. The van der Waals surface area contributed by atoms with E-state index in [-0.39, 0.29) is 11.8 Å². The minimum Gasteiger partial charge on any atom is -0.350 e. The molecule has 3 amide bonds. The van der Waals surface area contributed by atoms with Crippen LogP contribution in [0.2, 0.25) is 0 Å². The number of nitrogens with one attached hydrogen (secondary N) is 2. The highest BCUT2D eigenvalue weighted by Crippen LogP contribution is 2.03. The second-order valence-corrected chi connectivity index (χ2v) is 2.67. The standard InChI is InChI=1S/C7H15N3O2/c1-3-4-5(2)6(11)9-10-7(8)12/h5H,3-4H2,1-2H3,(H,9,11)(H3,8,10,12). The molecule has 5 heteroatoms. The molecule has 0 heterocycles. The molecule has 1 atom stereocenters. The van der Waals surface area contributed by atoms with Gasteiger partial charge in [0.1, 0.15) is 0 Å². The van der Waals surface area contributed by atoms with Gasteiger partial charge in [-0.3, -0.25) is 10.2 Å². The first-order valence-corrected chi connectivity index (χ1v) is 3.93. The number of urea groups is 1. The SMILES string of the molecule is CCCC(C)C(=O)NNC(N)=O. The molecule has 0 spiro atoms. The van der Waals surface area contributed by atoms with Crippen molar-refractivity contribution in [2.75, 3.05) is 0 Å². The van der Waals surface area contributed by atoms with Gasteiger partial charge in [-0.2, -0.15) is 0 Å². The number of rotatable bonds is 3. The molecule has 70 valence electrons. The largest absolute Gasteiger partial charge is 0.350 e. The Morgan fingerprint density at radius 3 is 2.42 bits per heavy atom. The van der Waals surface area contributed by atoms with Crippen LogP contribution in [-0.4, -0.2) is 11.9 Å². The molecular weight excluding hydrogens is 158 g/mol. The Morgan fingerprint density at radius 2 is 2.00 bits per heavy atom. The van der Waals surface area contributed by atoms with Gasteiger partial charge in [-0.1, -0.05) is 20.3 Å². The Hall–Kier alpha value is -1.26. The molecule has 12 heavy (non-hydrogen) atoms. The molecule has 0 aromatic heterocycles. The molecule has 0 fully saturated rings. The molecule has 0 aromatic carbocycles. The Bertz CT molecular complexity index is 170. The van der Waals surface area contributed by atoms with E-state index in [9.17, 15) is 9.59 Å². The monoisotopic (exact) mass is 173 g/mol. The van der Waals surface area contributed by atoms with Crippen LogP contribution in [0.15, 0.2) is 0 Å². The van der Waals surface area contributed by atoms with E-state index in [0.717, 1.165) is 12.8 Å². The molecule has 0 saturated heterocycles. The van der Waals surface area contributed by atoms with Crippen LogP contribution in [0.3, 0.4) is 0 Å². The number of carbonyl (C=O) groups excluding carboxylic acids is 2. The smallest absolute Gasteiger partial charge is 0.330 e. The summed E-state index contributed by atoms with van der Waals surface area (Å²) < 4.78 is 0. The lowest BCUT2D eigenvalue weighted by Gasteiger charge is -2.10. The van der Waals surface area contributed by atoms with Gasteiger partial charge in [0, 0.05) is 5.92 Å². The van der Waals surface area contributed by atoms with Crippen molar-refractivity contribution in [3.63, 3.8) is 0 Å². The minimum absolute atomic E-state index is 0.0955. The molecule has 0 aliphatic heterocycles. The van der Waals surface area contributed by atoms with Crippen LogP contribution in [0, 0.1) is 5.92 Å². The minimum atomic E-state index is -0.757. The lowest BCUT2D eigenvalue weighted by Crippen LogP contribution is -2.46. The second kappa shape index (κ2) is 5.40. The van der Waals surface area contributed by atoms with E-state index in [1.54, 1.807) is 6.92 Å². The summed E-state index contributed by atoms with van der Waals surface area (Å²) in [6, 6.07) is -0.757. The number of nitrogens with two attached hydrogens (primary N) is 1. The maximum atomic E-state index is 11.1. The fraction of sp³-hybridized carbons (Fsp3) is 0.714. The van der Waals surface area contributed by atoms with Gasteiger partial charge in [0.25, 0.3) is 0 Å². The number of hydrogen-bond acceptors (Lipinski definition) is 2. The maximum absolute atomic E-state index is 11.1. The summed E-state index contributed by atoms with van der Waals surface area (Å²) in [6.07, 6.45) is 1.73. The van der Waals surface area contributed by atoms with E-state index in [1.165, 1.54) is 0 Å². The van der Waals surface area contributed by atoms with Gasteiger partial charge in [0.05, 0.1) is 0 Å². The lowest BCUT2D eigenvalue weighted by atomic mass is 10.1. The van der Waals surface area contributed by atoms with Crippen LogP contribution in [-0.2, 0) is 4.79 Å². The van der Waals surface area contributed by atoms with Crippen molar-refractivity contribution < 1.29 is 9.59 Å². The molecule has 0 saturated carbocycles. The predicted molar refractivity (Wildman–Crippen MR) is 44.9 cm³/mol. The number of amides is 3. The highest BCUT2D eigenvalue weighted by atomic mass is 16.2. The predicted octanol–water partition coefficient (Wildman–Crippen LogP) is 0.122. The van der Waals surface area contributed by atoms with Crippen LogP contribution < -0.4 is 16.6 Å². The first-order chi connectivity index (χ1) is 5.57. The van der Waals surface area contributed by atoms with Gasteiger partial charge in [-0.15, -0.1) is 0 Å². The van der Waals surface area contributed by atoms with E-state index < -0.39 is 6.03 Å². The summed E-state index contributed by atoms with van der Waals surface area (Å²) in [6.45, 7) is 3.78. The normalized spacial score (nSPS) is 11.8. The van der Waals surface area contributed by atoms with E-state index in [0.29, 0.717) is 0 Å². The zero-order valence-electron chi connectivity index (χ0n) is 7.39. The quantitative estimate of drug-likeness (QED) is 0.530. The van der Waals surface area contributed by atoms with Gasteiger partial charge in [0.15, 0.2) is 0 Å². The summed E-state index contributed by atoms with van der Waals surface area (Å²) in [7, 11) is 0. The van der Waals surface area contributed by atoms with Crippen molar-refractivity contribution in [1.29, 1.82) is 0 Å². The van der Waals surface area contributed by atoms with E-state index in [2.05, 4.69) is 5.43 Å². The average molecular weight is 173 g/mol. The number of hydrazine groups is 1. The first-order valence-electron chi connectivity index (χ1n) is 3.93. The van der Waals surface area contributed by atoms with Gasteiger partial charge in [-0.05, 0) is 6.42 Å². The highest BCUT2D eigenvalue weighted by Gasteiger charge is 2.10. The van der Waals surface area contributed by atoms with E-state index in [1.807, 2.05) is 12.3 Å². The number of carbonyl (C=O) groups is 2. The molecule has 0 radical (unpaired) electrons. The summed E-state index contributed by atoms with van der Waals surface area (Å²) in [5.41, 5.74) is 8.98. The fourth-order valence-electron chi connectivity index (χ4n) is 0.811. The molecule has 0 aliphatic rings. The van der Waals surface area contributed by atoms with Crippen molar-refractivity contribution in [2.24, 2.45) is 11.7 Å². The first kappa shape index (κ1) is 10.7. The Balaban J connectivity index is 3.64. The zero-order valence-corrected chi connectivity index (χ0v) is 7.39. The van der Waals surface area contributed by atoms with Crippen molar-refractivity contribution in [3.05, 3.63) is 0 Å². The molecule has 0 aliphatic carbocycles. The van der Waals surface area contributed by atoms with Gasteiger partial charge < -0.3 is 5.73 Å². The lowest BCUT2D eigenvalue weighted by molar-refractivity contribution is -0.125. The molecule has 4 N–H and O–H groups in total. The summed E-state index contributed by atoms with van der Waals surface area (Å²) in [5.74, 6) is -0.308. The van der Waals surface area contributed by atoms with E-state index >= 15 is 0 Å². The third-order valence-electron chi connectivity index (χ3n) is 1.48. The van der Waals surface area contributed by atoms with Gasteiger partial charge in [0.2, 0.25) is 5.91 Å². The topological polar surface area (TPSA) is 84.2 Å². The Labute approximate surface area is 71.7 Å². The van der Waals surface area contributed by atoms with Gasteiger partial charge in [-0.25, -0.2) is 10.2 Å².